The first-order valence-corrected chi connectivity index (χ1v) is 17.1. The lowest BCUT2D eigenvalue weighted by Gasteiger charge is -2.16. The van der Waals surface area contributed by atoms with Gasteiger partial charge in [-0.05, 0) is 65.7 Å². The van der Waals surface area contributed by atoms with E-state index >= 15 is 0 Å². The quantitative estimate of drug-likeness (QED) is 0.183. The molecule has 0 aliphatic carbocycles. The zero-order valence-corrected chi connectivity index (χ0v) is 27.7. The van der Waals surface area contributed by atoms with Crippen molar-refractivity contribution in [3.63, 3.8) is 0 Å². The van der Waals surface area contributed by atoms with Crippen LogP contribution in [0, 0.1) is 11.3 Å². The second kappa shape index (κ2) is 11.9. The third-order valence-electron chi connectivity index (χ3n) is 9.69. The Morgan fingerprint density at radius 3 is 1.79 bits per heavy atom. The fraction of sp³-hybridized carbons (Fsp3) is 0. The summed E-state index contributed by atoms with van der Waals surface area (Å²) >= 11 is 0. The van der Waals surface area contributed by atoms with Gasteiger partial charge in [0.1, 0.15) is 11.2 Å². The lowest BCUT2D eigenvalue weighted by Crippen LogP contribution is -2.04. The molecular formula is C46H27N5O. The van der Waals surface area contributed by atoms with Crippen LogP contribution < -0.4 is 0 Å². The Kier molecular flexibility index (Phi) is 6.76. The van der Waals surface area contributed by atoms with Crippen LogP contribution in [0.1, 0.15) is 5.56 Å². The average Bonchev–Trinajstić information content (AvgIpc) is 3.76. The van der Waals surface area contributed by atoms with Crippen molar-refractivity contribution in [1.82, 2.24) is 19.5 Å². The van der Waals surface area contributed by atoms with Gasteiger partial charge in [-0.15, -0.1) is 0 Å². The number of benzene rings is 7. The van der Waals surface area contributed by atoms with Gasteiger partial charge in [0, 0.05) is 38.2 Å². The molecule has 0 spiro atoms. The number of nitriles is 1. The maximum atomic E-state index is 9.79. The summed E-state index contributed by atoms with van der Waals surface area (Å²) in [5.74, 6) is 1.74. The van der Waals surface area contributed by atoms with Crippen LogP contribution in [0.15, 0.2) is 168 Å². The largest absolute Gasteiger partial charge is 0.456 e. The lowest BCUT2D eigenvalue weighted by molar-refractivity contribution is 0.669. The van der Waals surface area contributed by atoms with Crippen molar-refractivity contribution in [2.75, 3.05) is 0 Å². The fourth-order valence-corrected chi connectivity index (χ4v) is 7.23. The Bertz CT molecular complexity index is 2970. The highest BCUT2D eigenvalue weighted by molar-refractivity contribution is 6.10. The number of furan rings is 1. The van der Waals surface area contributed by atoms with Crippen LogP contribution in [0.4, 0.5) is 0 Å². The standard InChI is InChI=1S/C46H27N5O/c47-28-29-19-22-40-36(25-29)34-15-7-9-17-39(34)51(40)41-23-20-32(33-21-24-43-37(26-33)35-16-8-10-18-42(35)52-43)27-38(41)46-49-44(30-11-3-1-4-12-30)48-45(50-46)31-13-5-2-6-14-31/h1-27H. The summed E-state index contributed by atoms with van der Waals surface area (Å²) in [6, 6.07) is 57.5. The summed E-state index contributed by atoms with van der Waals surface area (Å²) in [6.07, 6.45) is 0. The van der Waals surface area contributed by atoms with Crippen molar-refractivity contribution in [3.8, 4) is 57.0 Å². The second-order valence-electron chi connectivity index (χ2n) is 12.8. The summed E-state index contributed by atoms with van der Waals surface area (Å²) in [5, 5.41) is 14.0. The fourth-order valence-electron chi connectivity index (χ4n) is 7.23. The van der Waals surface area contributed by atoms with Crippen molar-refractivity contribution in [2.24, 2.45) is 0 Å². The number of aromatic nitrogens is 4. The van der Waals surface area contributed by atoms with Crippen LogP contribution in [-0.2, 0) is 0 Å². The van der Waals surface area contributed by atoms with Crippen molar-refractivity contribution < 1.29 is 4.42 Å². The monoisotopic (exact) mass is 665 g/mol. The summed E-state index contributed by atoms with van der Waals surface area (Å²) < 4.78 is 8.42. The van der Waals surface area contributed by atoms with Crippen molar-refractivity contribution in [1.29, 1.82) is 5.26 Å². The highest BCUT2D eigenvalue weighted by Crippen LogP contribution is 2.39. The molecule has 0 saturated carbocycles. The number of rotatable bonds is 5. The molecule has 6 nitrogen and oxygen atoms in total. The van der Waals surface area contributed by atoms with E-state index in [9.17, 15) is 5.26 Å². The smallest absolute Gasteiger partial charge is 0.166 e. The Morgan fingerprint density at radius 1 is 0.442 bits per heavy atom. The summed E-state index contributed by atoms with van der Waals surface area (Å²) in [6.45, 7) is 0. The Hall–Kier alpha value is -7.36. The van der Waals surface area contributed by atoms with Gasteiger partial charge in [-0.25, -0.2) is 15.0 Å². The molecule has 0 atom stereocenters. The Labute approximate surface area is 298 Å². The number of nitrogens with zero attached hydrogens (tertiary/aromatic N) is 5. The van der Waals surface area contributed by atoms with Crippen molar-refractivity contribution >= 4 is 43.7 Å². The van der Waals surface area contributed by atoms with E-state index in [1.807, 2.05) is 115 Å². The molecule has 0 fully saturated rings. The van der Waals surface area contributed by atoms with Crippen LogP contribution in [0.25, 0.3) is 94.7 Å². The molecule has 10 aromatic rings. The molecule has 0 unspecified atom stereocenters. The van der Waals surface area contributed by atoms with Crippen molar-refractivity contribution in [3.05, 3.63) is 169 Å². The molecule has 0 bridgehead atoms. The average molecular weight is 666 g/mol. The molecule has 0 aliphatic heterocycles. The molecule has 0 amide bonds. The highest BCUT2D eigenvalue weighted by Gasteiger charge is 2.21. The minimum absolute atomic E-state index is 0.555. The minimum atomic E-state index is 0.555. The van der Waals surface area contributed by atoms with E-state index in [4.69, 9.17) is 19.4 Å². The molecule has 52 heavy (non-hydrogen) atoms. The molecule has 10 rings (SSSR count). The number of para-hydroxylation sites is 2. The van der Waals surface area contributed by atoms with Gasteiger partial charge in [-0.1, -0.05) is 109 Å². The van der Waals surface area contributed by atoms with Gasteiger partial charge in [0.15, 0.2) is 17.5 Å². The molecule has 6 heteroatoms. The molecule has 0 aliphatic rings. The van der Waals surface area contributed by atoms with Crippen LogP contribution in [-0.4, -0.2) is 19.5 Å². The maximum absolute atomic E-state index is 9.79. The molecule has 242 valence electrons. The van der Waals surface area contributed by atoms with E-state index in [1.165, 1.54) is 0 Å². The predicted molar refractivity (Wildman–Crippen MR) is 208 cm³/mol. The zero-order valence-electron chi connectivity index (χ0n) is 27.7. The SMILES string of the molecule is N#Cc1ccc2c(c1)c1ccccc1n2-c1ccc(-c2ccc3oc4ccccc4c3c2)cc1-c1nc(-c2ccccc2)nc(-c2ccccc2)n1. The topological polar surface area (TPSA) is 80.5 Å². The summed E-state index contributed by atoms with van der Waals surface area (Å²) in [4.78, 5) is 15.3. The van der Waals surface area contributed by atoms with Crippen molar-refractivity contribution in [2.45, 2.75) is 0 Å². The van der Waals surface area contributed by atoms with Gasteiger partial charge in [0.25, 0.3) is 0 Å². The third-order valence-corrected chi connectivity index (χ3v) is 9.69. The summed E-state index contributed by atoms with van der Waals surface area (Å²) in [5.41, 5.74) is 9.97. The van der Waals surface area contributed by atoms with Crippen LogP contribution in [0.3, 0.4) is 0 Å². The van der Waals surface area contributed by atoms with Crippen LogP contribution in [0.5, 0.6) is 0 Å². The van der Waals surface area contributed by atoms with Gasteiger partial charge in [-0.2, -0.15) is 5.26 Å². The Balaban J connectivity index is 1.28. The van der Waals surface area contributed by atoms with E-state index in [-0.39, 0.29) is 0 Å². The molecule has 0 N–H and O–H groups in total. The maximum Gasteiger partial charge on any atom is 0.166 e. The van der Waals surface area contributed by atoms with Gasteiger partial charge < -0.3 is 8.98 Å². The molecule has 0 radical (unpaired) electrons. The number of fused-ring (bicyclic) bond motifs is 6. The van der Waals surface area contributed by atoms with E-state index in [1.54, 1.807) is 0 Å². The lowest BCUT2D eigenvalue weighted by atomic mass is 9.99. The molecule has 7 aromatic carbocycles. The highest BCUT2D eigenvalue weighted by atomic mass is 16.3. The van der Waals surface area contributed by atoms with Gasteiger partial charge >= 0.3 is 0 Å². The minimum Gasteiger partial charge on any atom is -0.456 e. The molecule has 0 saturated heterocycles. The van der Waals surface area contributed by atoms with E-state index < -0.39 is 0 Å². The first kappa shape index (κ1) is 29.5. The molecule has 3 heterocycles. The Morgan fingerprint density at radius 2 is 1.04 bits per heavy atom. The first-order chi connectivity index (χ1) is 25.7. The molecular weight excluding hydrogens is 639 g/mol. The van der Waals surface area contributed by atoms with Gasteiger partial charge in [0.2, 0.25) is 0 Å². The van der Waals surface area contributed by atoms with Gasteiger partial charge in [-0.3, -0.25) is 0 Å². The molecule has 3 aromatic heterocycles. The summed E-state index contributed by atoms with van der Waals surface area (Å²) in [7, 11) is 0. The normalized spacial score (nSPS) is 11.4. The predicted octanol–water partition coefficient (Wildman–Crippen LogP) is 11.4. The third kappa shape index (κ3) is 4.84. The van der Waals surface area contributed by atoms with E-state index in [0.29, 0.717) is 23.0 Å². The van der Waals surface area contributed by atoms with Crippen LogP contribution in [0.2, 0.25) is 0 Å². The van der Waals surface area contributed by atoms with E-state index in [2.05, 4.69) is 59.2 Å². The second-order valence-corrected chi connectivity index (χ2v) is 12.8. The van der Waals surface area contributed by atoms with Crippen LogP contribution >= 0.6 is 0 Å². The van der Waals surface area contributed by atoms with Gasteiger partial charge in [0.05, 0.1) is 28.4 Å². The first-order valence-electron chi connectivity index (χ1n) is 17.1. The van der Waals surface area contributed by atoms with E-state index in [0.717, 1.165) is 77.2 Å². The number of hydrogen-bond acceptors (Lipinski definition) is 5. The number of hydrogen-bond donors (Lipinski definition) is 0. The zero-order chi connectivity index (χ0) is 34.6.